The summed E-state index contributed by atoms with van der Waals surface area (Å²) in [6.45, 7) is 2.07. The average molecular weight is 391 g/mol. The second kappa shape index (κ2) is 7.55. The van der Waals surface area contributed by atoms with Crippen molar-refractivity contribution >= 4 is 45.6 Å². The topological polar surface area (TPSA) is 42.0 Å². The number of nitrogens with zero attached hydrogens (tertiary/aromatic N) is 1. The summed E-state index contributed by atoms with van der Waals surface area (Å²) >= 11 is 3.30. The number of benzene rings is 2. The van der Waals surface area contributed by atoms with Gasteiger partial charge in [0.2, 0.25) is 0 Å². The monoisotopic (exact) mass is 390 g/mol. The van der Waals surface area contributed by atoms with Gasteiger partial charge in [0.05, 0.1) is 27.3 Å². The molecule has 0 bridgehead atoms. The molecule has 0 unspecified atom stereocenters. The van der Waals surface area contributed by atoms with Gasteiger partial charge in [-0.2, -0.15) is 0 Å². The molecule has 27 heavy (non-hydrogen) atoms. The van der Waals surface area contributed by atoms with E-state index in [0.29, 0.717) is 5.56 Å². The zero-order valence-electron chi connectivity index (χ0n) is 15.0. The van der Waals surface area contributed by atoms with E-state index < -0.39 is 0 Å². The van der Waals surface area contributed by atoms with E-state index in [-0.39, 0.29) is 5.91 Å². The lowest BCUT2D eigenvalue weighted by molar-refractivity contribution is 0.102. The predicted molar refractivity (Wildman–Crippen MR) is 116 cm³/mol. The Labute approximate surface area is 166 Å². The van der Waals surface area contributed by atoms with E-state index in [1.807, 2.05) is 60.9 Å². The summed E-state index contributed by atoms with van der Waals surface area (Å²) < 4.78 is 0. The van der Waals surface area contributed by atoms with Crippen LogP contribution in [0.2, 0.25) is 0 Å². The Hall–Kier alpha value is -2.63. The number of pyridine rings is 1. The number of anilines is 1. The number of aromatic nitrogens is 1. The molecule has 4 rings (SSSR count). The highest BCUT2D eigenvalue weighted by atomic mass is 32.2. The molecule has 2 heterocycles. The van der Waals surface area contributed by atoms with Crippen LogP contribution in [0.3, 0.4) is 0 Å². The number of aryl methyl sites for hydroxylation is 1. The Balaban J connectivity index is 1.81. The molecule has 0 saturated carbocycles. The molecular formula is C22H18N2OS2. The maximum atomic E-state index is 13.1. The van der Waals surface area contributed by atoms with Crippen molar-refractivity contribution in [1.29, 1.82) is 0 Å². The number of rotatable bonds is 4. The van der Waals surface area contributed by atoms with E-state index >= 15 is 0 Å². The molecule has 2 aromatic carbocycles. The van der Waals surface area contributed by atoms with Crippen molar-refractivity contribution in [2.75, 3.05) is 11.6 Å². The Morgan fingerprint density at radius 2 is 1.81 bits per heavy atom. The molecule has 2 aromatic heterocycles. The van der Waals surface area contributed by atoms with Crippen LogP contribution >= 0.6 is 23.1 Å². The van der Waals surface area contributed by atoms with Gasteiger partial charge >= 0.3 is 0 Å². The molecule has 1 N–H and O–H groups in total. The van der Waals surface area contributed by atoms with Gasteiger partial charge in [-0.15, -0.1) is 23.1 Å². The Kier molecular flexibility index (Phi) is 4.97. The third-order valence-corrected chi connectivity index (χ3v) is 6.13. The van der Waals surface area contributed by atoms with Crippen molar-refractivity contribution < 1.29 is 4.79 Å². The van der Waals surface area contributed by atoms with Gasteiger partial charge in [-0.3, -0.25) is 4.79 Å². The van der Waals surface area contributed by atoms with Crippen molar-refractivity contribution in [2.45, 2.75) is 11.8 Å². The summed E-state index contributed by atoms with van der Waals surface area (Å²) in [7, 11) is 0. The zero-order chi connectivity index (χ0) is 18.8. The van der Waals surface area contributed by atoms with E-state index in [9.17, 15) is 4.79 Å². The fourth-order valence-electron chi connectivity index (χ4n) is 3.00. The van der Waals surface area contributed by atoms with Crippen molar-refractivity contribution in [2.24, 2.45) is 0 Å². The average Bonchev–Trinajstić information content (AvgIpc) is 3.14. The Morgan fingerprint density at radius 3 is 2.59 bits per heavy atom. The van der Waals surface area contributed by atoms with Crippen molar-refractivity contribution in [3.63, 3.8) is 0 Å². The molecular weight excluding hydrogens is 372 g/mol. The second-order valence-electron chi connectivity index (χ2n) is 6.14. The molecule has 0 spiro atoms. The number of carbonyl (C=O) groups is 1. The van der Waals surface area contributed by atoms with Crippen LogP contribution in [0.5, 0.6) is 0 Å². The van der Waals surface area contributed by atoms with Crippen molar-refractivity contribution in [3.05, 3.63) is 77.2 Å². The normalized spacial score (nSPS) is 10.9. The number of carbonyl (C=O) groups excluding carboxylic acids is 1. The molecule has 134 valence electrons. The highest BCUT2D eigenvalue weighted by Crippen LogP contribution is 2.31. The number of amides is 1. The van der Waals surface area contributed by atoms with Gasteiger partial charge in [-0.1, -0.05) is 30.3 Å². The largest absolute Gasteiger partial charge is 0.321 e. The molecule has 0 radical (unpaired) electrons. The first-order valence-corrected chi connectivity index (χ1v) is 10.6. The van der Waals surface area contributed by atoms with Crippen LogP contribution in [0.15, 0.2) is 71.6 Å². The smallest absolute Gasteiger partial charge is 0.256 e. The second-order valence-corrected chi connectivity index (χ2v) is 8.27. The molecule has 3 nitrogen and oxygen atoms in total. The van der Waals surface area contributed by atoms with Gasteiger partial charge < -0.3 is 5.32 Å². The van der Waals surface area contributed by atoms with Crippen molar-refractivity contribution in [1.82, 2.24) is 4.98 Å². The summed E-state index contributed by atoms with van der Waals surface area (Å²) in [6.07, 6.45) is 2.00. The lowest BCUT2D eigenvalue weighted by Crippen LogP contribution is -2.13. The molecule has 0 aliphatic rings. The Morgan fingerprint density at radius 1 is 1.04 bits per heavy atom. The number of hydrogen-bond acceptors (Lipinski definition) is 4. The fourth-order valence-corrected chi connectivity index (χ4v) is 4.38. The molecule has 0 aliphatic carbocycles. The molecule has 4 aromatic rings. The van der Waals surface area contributed by atoms with Crippen LogP contribution in [0.1, 0.15) is 15.2 Å². The first-order chi connectivity index (χ1) is 13.2. The van der Waals surface area contributed by atoms with Gasteiger partial charge in [0.15, 0.2) is 0 Å². The van der Waals surface area contributed by atoms with Crippen molar-refractivity contribution in [3.8, 4) is 10.6 Å². The summed E-state index contributed by atoms with van der Waals surface area (Å²) in [5.74, 6) is -0.121. The number of nitrogens with one attached hydrogen (secondary N) is 1. The fraction of sp³-hybridized carbons (Fsp3) is 0.0909. The number of hydrogen-bond donors (Lipinski definition) is 1. The van der Waals surface area contributed by atoms with Crippen LogP contribution < -0.4 is 5.32 Å². The molecule has 0 fully saturated rings. The quantitative estimate of drug-likeness (QED) is 0.419. The van der Waals surface area contributed by atoms with E-state index in [1.54, 1.807) is 23.1 Å². The van der Waals surface area contributed by atoms with E-state index in [0.717, 1.165) is 32.1 Å². The summed E-state index contributed by atoms with van der Waals surface area (Å²) in [4.78, 5) is 21.2. The highest BCUT2D eigenvalue weighted by molar-refractivity contribution is 7.98. The SMILES string of the molecule is CSc1ccccc1NC(=O)c1cc(-c2ccc(C)s2)nc2ccccc12. The van der Waals surface area contributed by atoms with Gasteiger partial charge in [-0.05, 0) is 49.6 Å². The number of para-hydroxylation sites is 2. The van der Waals surface area contributed by atoms with E-state index in [4.69, 9.17) is 4.98 Å². The minimum absolute atomic E-state index is 0.121. The Bertz CT molecular complexity index is 1130. The molecule has 0 aliphatic heterocycles. The third kappa shape index (κ3) is 3.61. The van der Waals surface area contributed by atoms with Gasteiger partial charge in [0, 0.05) is 15.2 Å². The van der Waals surface area contributed by atoms with Crippen LogP contribution in [-0.2, 0) is 0 Å². The highest BCUT2D eigenvalue weighted by Gasteiger charge is 2.16. The van der Waals surface area contributed by atoms with Crippen LogP contribution in [0.25, 0.3) is 21.5 Å². The lowest BCUT2D eigenvalue weighted by atomic mass is 10.1. The lowest BCUT2D eigenvalue weighted by Gasteiger charge is -2.12. The zero-order valence-corrected chi connectivity index (χ0v) is 16.7. The molecule has 5 heteroatoms. The van der Waals surface area contributed by atoms with Crippen LogP contribution in [-0.4, -0.2) is 17.1 Å². The van der Waals surface area contributed by atoms with Crippen LogP contribution in [0, 0.1) is 6.92 Å². The first kappa shape index (κ1) is 17.8. The molecule has 0 saturated heterocycles. The standard InChI is InChI=1S/C22H18N2OS2/c1-14-11-12-21(27-14)19-13-16(15-7-3-4-8-17(15)23-19)22(25)24-18-9-5-6-10-20(18)26-2/h3-13H,1-2H3,(H,24,25). The number of thiophene rings is 1. The number of thioether (sulfide) groups is 1. The minimum atomic E-state index is -0.121. The summed E-state index contributed by atoms with van der Waals surface area (Å²) in [6, 6.07) is 21.6. The molecule has 1 amide bonds. The summed E-state index contributed by atoms with van der Waals surface area (Å²) in [5, 5.41) is 3.92. The van der Waals surface area contributed by atoms with Gasteiger partial charge in [-0.25, -0.2) is 4.98 Å². The maximum absolute atomic E-state index is 13.1. The van der Waals surface area contributed by atoms with Gasteiger partial charge in [0.25, 0.3) is 5.91 Å². The predicted octanol–water partition coefficient (Wildman–Crippen LogP) is 6.25. The third-order valence-electron chi connectivity index (χ3n) is 4.31. The maximum Gasteiger partial charge on any atom is 0.256 e. The first-order valence-electron chi connectivity index (χ1n) is 8.56. The number of fused-ring (bicyclic) bond motifs is 1. The van der Waals surface area contributed by atoms with E-state index in [1.165, 1.54) is 4.88 Å². The van der Waals surface area contributed by atoms with Crippen LogP contribution in [0.4, 0.5) is 5.69 Å². The summed E-state index contributed by atoms with van der Waals surface area (Å²) in [5.41, 5.74) is 3.11. The minimum Gasteiger partial charge on any atom is -0.321 e. The molecule has 0 atom stereocenters. The van der Waals surface area contributed by atoms with E-state index in [2.05, 4.69) is 24.4 Å². The van der Waals surface area contributed by atoms with Gasteiger partial charge in [0.1, 0.15) is 0 Å².